The van der Waals surface area contributed by atoms with Gasteiger partial charge in [0.05, 0.1) is 43.7 Å². The van der Waals surface area contributed by atoms with Crippen molar-refractivity contribution in [1.29, 1.82) is 0 Å². The van der Waals surface area contributed by atoms with Crippen LogP contribution in [0.15, 0.2) is 57.5 Å². The van der Waals surface area contributed by atoms with Crippen LogP contribution in [0.3, 0.4) is 0 Å². The summed E-state index contributed by atoms with van der Waals surface area (Å²) in [5, 5.41) is 0. The number of rotatable bonds is 7. The van der Waals surface area contributed by atoms with Crippen LogP contribution in [-0.4, -0.2) is 38.5 Å². The van der Waals surface area contributed by atoms with E-state index in [1.165, 1.54) is 15.9 Å². The zero-order valence-corrected chi connectivity index (χ0v) is 21.9. The van der Waals surface area contributed by atoms with Gasteiger partial charge >= 0.3 is 5.97 Å². The molecule has 3 aromatic rings. The van der Waals surface area contributed by atoms with Crippen LogP contribution in [0.5, 0.6) is 17.2 Å². The van der Waals surface area contributed by atoms with Crippen LogP contribution in [-0.2, 0) is 9.53 Å². The van der Waals surface area contributed by atoms with Gasteiger partial charge in [-0.05, 0) is 68.3 Å². The molecule has 0 spiro atoms. The van der Waals surface area contributed by atoms with Crippen LogP contribution in [0.4, 0.5) is 0 Å². The van der Waals surface area contributed by atoms with E-state index in [1.54, 1.807) is 53.4 Å². The highest BCUT2D eigenvalue weighted by atomic mass is 32.1. The molecule has 2 heterocycles. The number of allylic oxidation sites excluding steroid dienone is 1. The summed E-state index contributed by atoms with van der Waals surface area (Å²) in [4.78, 5) is 32.1. The average molecular weight is 509 g/mol. The minimum Gasteiger partial charge on any atom is -0.497 e. The Hall–Kier alpha value is -3.85. The second-order valence-electron chi connectivity index (χ2n) is 8.13. The molecule has 1 atom stereocenters. The Bertz CT molecular complexity index is 1530. The Balaban J connectivity index is 2.00. The maximum absolute atomic E-state index is 13.8. The van der Waals surface area contributed by atoms with E-state index in [0.717, 1.165) is 16.9 Å². The number of hydrogen-bond acceptors (Lipinski definition) is 8. The molecule has 36 heavy (non-hydrogen) atoms. The molecule has 4 rings (SSSR count). The Morgan fingerprint density at radius 2 is 1.75 bits per heavy atom. The molecular formula is C27H28N2O6S. The van der Waals surface area contributed by atoms with Gasteiger partial charge in [-0.15, -0.1) is 0 Å². The van der Waals surface area contributed by atoms with E-state index in [4.69, 9.17) is 18.9 Å². The molecular weight excluding hydrogens is 480 g/mol. The molecule has 0 fully saturated rings. The highest BCUT2D eigenvalue weighted by molar-refractivity contribution is 7.07. The second-order valence-corrected chi connectivity index (χ2v) is 9.14. The molecule has 0 unspecified atom stereocenters. The van der Waals surface area contributed by atoms with Gasteiger partial charge in [0, 0.05) is 5.56 Å². The lowest BCUT2D eigenvalue weighted by molar-refractivity contribution is -0.139. The van der Waals surface area contributed by atoms with Crippen molar-refractivity contribution in [2.45, 2.75) is 26.8 Å². The lowest BCUT2D eigenvalue weighted by atomic mass is 9.94. The van der Waals surface area contributed by atoms with Crippen LogP contribution in [0.25, 0.3) is 6.08 Å². The summed E-state index contributed by atoms with van der Waals surface area (Å²) in [6.45, 7) is 5.63. The maximum atomic E-state index is 13.8. The summed E-state index contributed by atoms with van der Waals surface area (Å²) in [5.41, 5.74) is 2.95. The first-order valence-electron chi connectivity index (χ1n) is 11.4. The highest BCUT2D eigenvalue weighted by Crippen LogP contribution is 2.37. The largest absolute Gasteiger partial charge is 0.497 e. The number of fused-ring (bicyclic) bond motifs is 1. The lowest BCUT2D eigenvalue weighted by Crippen LogP contribution is -2.40. The zero-order valence-electron chi connectivity index (χ0n) is 21.1. The quantitative estimate of drug-likeness (QED) is 0.456. The summed E-state index contributed by atoms with van der Waals surface area (Å²) in [6, 6.07) is 10.2. The molecule has 0 saturated heterocycles. The van der Waals surface area contributed by atoms with Crippen LogP contribution in [0, 0.1) is 6.92 Å². The van der Waals surface area contributed by atoms with Gasteiger partial charge in [-0.1, -0.05) is 17.4 Å². The van der Waals surface area contributed by atoms with Gasteiger partial charge in [-0.25, -0.2) is 9.79 Å². The van der Waals surface area contributed by atoms with Gasteiger partial charge in [0.1, 0.15) is 23.3 Å². The number of aromatic nitrogens is 1. The van der Waals surface area contributed by atoms with E-state index in [0.29, 0.717) is 32.1 Å². The highest BCUT2D eigenvalue weighted by Gasteiger charge is 2.35. The fourth-order valence-corrected chi connectivity index (χ4v) is 5.25. The number of aryl methyl sites for hydroxylation is 1. The van der Waals surface area contributed by atoms with Crippen LogP contribution < -0.4 is 29.1 Å². The molecule has 0 amide bonds. The molecule has 0 aliphatic carbocycles. The van der Waals surface area contributed by atoms with E-state index in [2.05, 4.69) is 4.99 Å². The first-order valence-corrected chi connectivity index (χ1v) is 12.2. The second kappa shape index (κ2) is 10.4. The molecule has 8 nitrogen and oxygen atoms in total. The van der Waals surface area contributed by atoms with Gasteiger partial charge in [0.2, 0.25) is 0 Å². The number of nitrogens with zero attached hydrogens (tertiary/aromatic N) is 2. The number of ether oxygens (including phenoxy) is 4. The topological polar surface area (TPSA) is 88.4 Å². The smallest absolute Gasteiger partial charge is 0.338 e. The van der Waals surface area contributed by atoms with Gasteiger partial charge in [0.15, 0.2) is 4.80 Å². The van der Waals surface area contributed by atoms with E-state index < -0.39 is 12.0 Å². The molecule has 2 aromatic carbocycles. The SMILES string of the molecule is CCOC(=O)C1=C(C)N=c2sc(=Cc3ccc(OC)cc3C)c(=O)n2[C@@H]1c1cc(OC)ccc1OC. The number of benzene rings is 2. The van der Waals surface area contributed by atoms with Crippen LogP contribution >= 0.6 is 11.3 Å². The van der Waals surface area contributed by atoms with Crippen molar-refractivity contribution in [2.75, 3.05) is 27.9 Å². The molecule has 1 aliphatic rings. The molecule has 188 valence electrons. The van der Waals surface area contributed by atoms with Crippen molar-refractivity contribution in [3.8, 4) is 17.2 Å². The first kappa shape index (κ1) is 25.2. The summed E-state index contributed by atoms with van der Waals surface area (Å²) in [7, 11) is 4.71. The van der Waals surface area contributed by atoms with Crippen molar-refractivity contribution in [3.05, 3.63) is 84.0 Å². The number of hydrogen-bond donors (Lipinski definition) is 0. The Labute approximate surface area is 212 Å². The van der Waals surface area contributed by atoms with Gasteiger partial charge < -0.3 is 18.9 Å². The third-order valence-electron chi connectivity index (χ3n) is 6.01. The first-order chi connectivity index (χ1) is 17.3. The summed E-state index contributed by atoms with van der Waals surface area (Å²) < 4.78 is 23.8. The fourth-order valence-electron chi connectivity index (χ4n) is 4.22. The van der Waals surface area contributed by atoms with Crippen molar-refractivity contribution in [1.82, 2.24) is 4.57 Å². The van der Waals surface area contributed by atoms with Crippen LogP contribution in [0.2, 0.25) is 0 Å². The van der Waals surface area contributed by atoms with Gasteiger partial charge in [0.25, 0.3) is 5.56 Å². The average Bonchev–Trinajstić information content (AvgIpc) is 3.18. The standard InChI is InChI=1S/C27H28N2O6S/c1-7-35-26(31)23-16(3)28-27-29(24(23)20-14-19(33-5)10-11-21(20)34-6)25(30)22(36-27)13-17-8-9-18(32-4)12-15(17)2/h8-14,24H,7H2,1-6H3/t24-/m1/s1. The third kappa shape index (κ3) is 4.54. The summed E-state index contributed by atoms with van der Waals surface area (Å²) >= 11 is 1.27. The zero-order chi connectivity index (χ0) is 26.0. The Morgan fingerprint density at radius 1 is 1.06 bits per heavy atom. The number of carbonyl (C=O) groups is 1. The Morgan fingerprint density at radius 3 is 2.39 bits per heavy atom. The Kier molecular flexibility index (Phi) is 7.30. The minimum absolute atomic E-state index is 0.193. The molecule has 1 aliphatic heterocycles. The van der Waals surface area contributed by atoms with Crippen molar-refractivity contribution >= 4 is 23.4 Å². The number of esters is 1. The van der Waals surface area contributed by atoms with E-state index in [9.17, 15) is 9.59 Å². The monoisotopic (exact) mass is 508 g/mol. The molecule has 0 saturated carbocycles. The van der Waals surface area contributed by atoms with E-state index >= 15 is 0 Å². The van der Waals surface area contributed by atoms with E-state index in [1.807, 2.05) is 31.2 Å². The van der Waals surface area contributed by atoms with Gasteiger partial charge in [-0.2, -0.15) is 0 Å². The van der Waals surface area contributed by atoms with Crippen LogP contribution in [0.1, 0.15) is 36.6 Å². The predicted octanol–water partition coefficient (Wildman–Crippen LogP) is 3.13. The van der Waals surface area contributed by atoms with Crippen molar-refractivity contribution in [2.24, 2.45) is 4.99 Å². The number of methoxy groups -OCH3 is 3. The predicted molar refractivity (Wildman–Crippen MR) is 138 cm³/mol. The normalized spacial score (nSPS) is 15.3. The third-order valence-corrected chi connectivity index (χ3v) is 6.99. The molecule has 0 bridgehead atoms. The summed E-state index contributed by atoms with van der Waals surface area (Å²) in [5.74, 6) is 1.29. The summed E-state index contributed by atoms with van der Waals surface area (Å²) in [6.07, 6.45) is 1.84. The minimum atomic E-state index is -0.801. The van der Waals surface area contributed by atoms with E-state index in [-0.39, 0.29) is 17.7 Å². The molecule has 0 radical (unpaired) electrons. The lowest BCUT2D eigenvalue weighted by Gasteiger charge is -2.26. The van der Waals surface area contributed by atoms with Crippen molar-refractivity contribution in [3.63, 3.8) is 0 Å². The van der Waals surface area contributed by atoms with Gasteiger partial charge in [-0.3, -0.25) is 9.36 Å². The number of thiazole rings is 1. The van der Waals surface area contributed by atoms with Crippen molar-refractivity contribution < 1.29 is 23.7 Å². The maximum Gasteiger partial charge on any atom is 0.338 e. The molecule has 0 N–H and O–H groups in total. The number of carbonyl (C=O) groups excluding carboxylic acids is 1. The molecule has 9 heteroatoms. The molecule has 1 aromatic heterocycles. The fraction of sp³-hybridized carbons (Fsp3) is 0.296.